The highest BCUT2D eigenvalue weighted by molar-refractivity contribution is 4.94. The highest BCUT2D eigenvalue weighted by atomic mass is 19.1. The van der Waals surface area contributed by atoms with Crippen LogP contribution in [0.1, 0.15) is 38.5 Å². The first-order chi connectivity index (χ1) is 6.78. The SMILES string of the molecule is N#CC1CCC(NC2CCC(F)C2)C1. The van der Waals surface area contributed by atoms with Gasteiger partial charge in [0.1, 0.15) is 6.17 Å². The molecule has 2 rings (SSSR count). The smallest absolute Gasteiger partial charge is 0.102 e. The summed E-state index contributed by atoms with van der Waals surface area (Å²) < 4.78 is 12.9. The Morgan fingerprint density at radius 2 is 1.79 bits per heavy atom. The second-order valence-electron chi connectivity index (χ2n) is 4.61. The van der Waals surface area contributed by atoms with Crippen LogP contribution in [0.15, 0.2) is 0 Å². The van der Waals surface area contributed by atoms with Crippen molar-refractivity contribution in [2.24, 2.45) is 5.92 Å². The zero-order chi connectivity index (χ0) is 9.97. The number of alkyl halides is 1. The second kappa shape index (κ2) is 4.27. The first kappa shape index (κ1) is 9.92. The van der Waals surface area contributed by atoms with Crippen LogP contribution in [0.5, 0.6) is 0 Å². The zero-order valence-corrected chi connectivity index (χ0v) is 8.38. The van der Waals surface area contributed by atoms with Gasteiger partial charge in [0.25, 0.3) is 0 Å². The fourth-order valence-electron chi connectivity index (χ4n) is 2.66. The number of nitrogens with one attached hydrogen (secondary N) is 1. The minimum absolute atomic E-state index is 0.232. The fourth-order valence-corrected chi connectivity index (χ4v) is 2.66. The maximum absolute atomic E-state index is 12.9. The van der Waals surface area contributed by atoms with Crippen molar-refractivity contribution in [2.45, 2.75) is 56.8 Å². The van der Waals surface area contributed by atoms with E-state index >= 15 is 0 Å². The third-order valence-electron chi connectivity index (χ3n) is 3.46. The molecule has 2 nitrogen and oxygen atoms in total. The maximum Gasteiger partial charge on any atom is 0.102 e. The average molecular weight is 196 g/mol. The molecule has 2 aliphatic carbocycles. The molecule has 4 unspecified atom stereocenters. The van der Waals surface area contributed by atoms with Crippen LogP contribution < -0.4 is 5.32 Å². The first-order valence-electron chi connectivity index (χ1n) is 5.57. The molecule has 0 aromatic rings. The Morgan fingerprint density at radius 3 is 2.36 bits per heavy atom. The molecule has 78 valence electrons. The summed E-state index contributed by atoms with van der Waals surface area (Å²) in [5.41, 5.74) is 0. The van der Waals surface area contributed by atoms with Gasteiger partial charge in [0.2, 0.25) is 0 Å². The molecule has 0 aromatic carbocycles. The predicted molar refractivity (Wildman–Crippen MR) is 52.4 cm³/mol. The summed E-state index contributed by atoms with van der Waals surface area (Å²) in [5, 5.41) is 12.2. The van der Waals surface area contributed by atoms with Crippen LogP contribution in [0, 0.1) is 17.2 Å². The van der Waals surface area contributed by atoms with Gasteiger partial charge >= 0.3 is 0 Å². The van der Waals surface area contributed by atoms with Gasteiger partial charge in [-0.05, 0) is 38.5 Å². The van der Waals surface area contributed by atoms with E-state index in [4.69, 9.17) is 5.26 Å². The summed E-state index contributed by atoms with van der Waals surface area (Å²) in [7, 11) is 0. The summed E-state index contributed by atoms with van der Waals surface area (Å²) in [6, 6.07) is 3.15. The van der Waals surface area contributed by atoms with Crippen molar-refractivity contribution in [3.8, 4) is 6.07 Å². The Morgan fingerprint density at radius 1 is 1.07 bits per heavy atom. The molecule has 4 atom stereocenters. The number of nitriles is 1. The van der Waals surface area contributed by atoms with E-state index in [0.717, 1.165) is 25.7 Å². The normalized spacial score (nSPS) is 42.6. The van der Waals surface area contributed by atoms with Crippen molar-refractivity contribution < 1.29 is 4.39 Å². The van der Waals surface area contributed by atoms with E-state index in [1.807, 2.05) is 0 Å². The van der Waals surface area contributed by atoms with E-state index in [9.17, 15) is 4.39 Å². The van der Waals surface area contributed by atoms with Gasteiger partial charge in [-0.1, -0.05) is 0 Å². The molecule has 0 heterocycles. The molecule has 0 aliphatic heterocycles. The Bertz CT molecular complexity index is 236. The lowest BCUT2D eigenvalue weighted by atomic mass is 10.1. The molecule has 0 radical (unpaired) electrons. The van der Waals surface area contributed by atoms with E-state index in [-0.39, 0.29) is 5.92 Å². The fraction of sp³-hybridized carbons (Fsp3) is 0.909. The third kappa shape index (κ3) is 2.24. The predicted octanol–water partition coefficient (Wildman–Crippen LogP) is 2.16. The molecule has 2 saturated carbocycles. The van der Waals surface area contributed by atoms with E-state index in [2.05, 4.69) is 11.4 Å². The summed E-state index contributed by atoms with van der Waals surface area (Å²) in [6.07, 6.45) is 4.82. The summed E-state index contributed by atoms with van der Waals surface area (Å²) >= 11 is 0. The van der Waals surface area contributed by atoms with E-state index in [0.29, 0.717) is 24.9 Å². The topological polar surface area (TPSA) is 35.8 Å². The molecule has 0 bridgehead atoms. The van der Waals surface area contributed by atoms with Gasteiger partial charge in [-0.3, -0.25) is 0 Å². The van der Waals surface area contributed by atoms with Crippen LogP contribution in [0.4, 0.5) is 4.39 Å². The highest BCUT2D eigenvalue weighted by Gasteiger charge is 2.30. The minimum Gasteiger partial charge on any atom is -0.311 e. The lowest BCUT2D eigenvalue weighted by molar-refractivity contribution is 0.327. The number of hydrogen-bond donors (Lipinski definition) is 1. The molecule has 0 amide bonds. The number of nitrogens with zero attached hydrogens (tertiary/aromatic N) is 1. The van der Waals surface area contributed by atoms with Crippen molar-refractivity contribution in [1.29, 1.82) is 5.26 Å². The molecule has 3 heteroatoms. The maximum atomic E-state index is 12.9. The number of hydrogen-bond acceptors (Lipinski definition) is 2. The van der Waals surface area contributed by atoms with Gasteiger partial charge in [0, 0.05) is 18.0 Å². The van der Waals surface area contributed by atoms with E-state index in [1.54, 1.807) is 0 Å². The van der Waals surface area contributed by atoms with Crippen molar-refractivity contribution in [2.75, 3.05) is 0 Å². The Kier molecular flexibility index (Phi) is 3.02. The van der Waals surface area contributed by atoms with Gasteiger partial charge < -0.3 is 5.32 Å². The molecule has 0 spiro atoms. The van der Waals surface area contributed by atoms with Gasteiger partial charge in [0.05, 0.1) is 6.07 Å². The highest BCUT2D eigenvalue weighted by Crippen LogP contribution is 2.28. The Labute approximate surface area is 84.5 Å². The van der Waals surface area contributed by atoms with Crippen molar-refractivity contribution in [3.05, 3.63) is 0 Å². The van der Waals surface area contributed by atoms with Gasteiger partial charge in [0.15, 0.2) is 0 Å². The van der Waals surface area contributed by atoms with Crippen LogP contribution >= 0.6 is 0 Å². The van der Waals surface area contributed by atoms with E-state index < -0.39 is 6.17 Å². The summed E-state index contributed by atoms with van der Waals surface area (Å²) in [6.45, 7) is 0. The van der Waals surface area contributed by atoms with Crippen LogP contribution in [0.3, 0.4) is 0 Å². The second-order valence-corrected chi connectivity index (χ2v) is 4.61. The van der Waals surface area contributed by atoms with Gasteiger partial charge in [-0.15, -0.1) is 0 Å². The summed E-state index contributed by atoms with van der Waals surface area (Å²) in [5.74, 6) is 0.232. The molecule has 0 saturated heterocycles. The Balaban J connectivity index is 1.74. The van der Waals surface area contributed by atoms with Gasteiger partial charge in [-0.2, -0.15) is 5.26 Å². The quantitative estimate of drug-likeness (QED) is 0.734. The van der Waals surface area contributed by atoms with E-state index in [1.165, 1.54) is 0 Å². The third-order valence-corrected chi connectivity index (χ3v) is 3.46. The summed E-state index contributed by atoms with van der Waals surface area (Å²) in [4.78, 5) is 0. The van der Waals surface area contributed by atoms with Crippen molar-refractivity contribution in [1.82, 2.24) is 5.32 Å². The zero-order valence-electron chi connectivity index (χ0n) is 8.38. The van der Waals surface area contributed by atoms with Crippen LogP contribution in [-0.4, -0.2) is 18.3 Å². The van der Waals surface area contributed by atoms with Crippen molar-refractivity contribution in [3.63, 3.8) is 0 Å². The lowest BCUT2D eigenvalue weighted by Gasteiger charge is -2.17. The largest absolute Gasteiger partial charge is 0.311 e. The molecule has 0 aromatic heterocycles. The lowest BCUT2D eigenvalue weighted by Crippen LogP contribution is -2.35. The number of halogens is 1. The van der Waals surface area contributed by atoms with Crippen LogP contribution in [-0.2, 0) is 0 Å². The van der Waals surface area contributed by atoms with Crippen molar-refractivity contribution >= 4 is 0 Å². The monoisotopic (exact) mass is 196 g/mol. The molecular formula is C11H17FN2. The van der Waals surface area contributed by atoms with Gasteiger partial charge in [-0.25, -0.2) is 4.39 Å². The molecule has 2 aliphatic rings. The molecule has 2 fully saturated rings. The molecule has 14 heavy (non-hydrogen) atoms. The molecular weight excluding hydrogens is 179 g/mol. The first-order valence-corrected chi connectivity index (χ1v) is 5.57. The van der Waals surface area contributed by atoms with Crippen LogP contribution in [0.25, 0.3) is 0 Å². The standard InChI is InChI=1S/C11H17FN2/c12-9-2-4-11(6-9)14-10-3-1-8(5-10)7-13/h8-11,14H,1-6H2. The number of rotatable bonds is 2. The molecule has 1 N–H and O–H groups in total. The average Bonchev–Trinajstić information content (AvgIpc) is 2.76. The Hall–Kier alpha value is -0.620. The minimum atomic E-state index is -0.597. The van der Waals surface area contributed by atoms with Crippen LogP contribution in [0.2, 0.25) is 0 Å².